The summed E-state index contributed by atoms with van der Waals surface area (Å²) in [5.74, 6) is 0. The Morgan fingerprint density at radius 1 is 1.40 bits per heavy atom. The average molecular weight is 276 g/mol. The van der Waals surface area contributed by atoms with E-state index < -0.39 is 0 Å². The molecule has 1 aliphatic heterocycles. The number of ether oxygens (including phenoxy) is 1. The van der Waals surface area contributed by atoms with E-state index in [1.54, 1.807) is 7.11 Å². The van der Waals surface area contributed by atoms with Gasteiger partial charge in [0.05, 0.1) is 6.61 Å². The third-order valence-electron chi connectivity index (χ3n) is 4.53. The molecule has 1 aliphatic rings. The zero-order chi connectivity index (χ0) is 14.6. The lowest BCUT2D eigenvalue weighted by Crippen LogP contribution is -2.62. The molecular formula is C17H28N2O. The third kappa shape index (κ3) is 3.33. The number of hydrogen-bond acceptors (Lipinski definition) is 3. The Kier molecular flexibility index (Phi) is 5.06. The van der Waals surface area contributed by atoms with Gasteiger partial charge >= 0.3 is 0 Å². The van der Waals surface area contributed by atoms with E-state index in [2.05, 4.69) is 55.3 Å². The fourth-order valence-corrected chi connectivity index (χ4v) is 2.93. The summed E-state index contributed by atoms with van der Waals surface area (Å²) in [5.41, 5.74) is 2.78. The highest BCUT2D eigenvalue weighted by atomic mass is 16.5. The van der Waals surface area contributed by atoms with Crippen LogP contribution in [0.15, 0.2) is 24.3 Å². The van der Waals surface area contributed by atoms with Crippen LogP contribution in [0.5, 0.6) is 0 Å². The van der Waals surface area contributed by atoms with Gasteiger partial charge in [-0.25, -0.2) is 0 Å². The van der Waals surface area contributed by atoms with Crippen LogP contribution in [0.2, 0.25) is 0 Å². The highest BCUT2D eigenvalue weighted by Gasteiger charge is 2.33. The first kappa shape index (κ1) is 15.3. The van der Waals surface area contributed by atoms with Crippen molar-refractivity contribution < 1.29 is 4.74 Å². The van der Waals surface area contributed by atoms with Crippen molar-refractivity contribution in [3.8, 4) is 0 Å². The minimum atomic E-state index is 0.211. The van der Waals surface area contributed by atoms with Crippen molar-refractivity contribution in [2.24, 2.45) is 0 Å². The fourth-order valence-electron chi connectivity index (χ4n) is 2.93. The minimum absolute atomic E-state index is 0.211. The molecule has 0 bridgehead atoms. The maximum absolute atomic E-state index is 5.25. The number of methoxy groups -OCH3 is 1. The molecule has 0 spiro atoms. The van der Waals surface area contributed by atoms with Crippen molar-refractivity contribution in [1.82, 2.24) is 5.32 Å². The number of benzene rings is 1. The van der Waals surface area contributed by atoms with Crippen molar-refractivity contribution in [3.05, 3.63) is 29.8 Å². The summed E-state index contributed by atoms with van der Waals surface area (Å²) >= 11 is 0. The van der Waals surface area contributed by atoms with E-state index in [-0.39, 0.29) is 5.54 Å². The van der Waals surface area contributed by atoms with Crippen molar-refractivity contribution >= 4 is 5.69 Å². The van der Waals surface area contributed by atoms with Gasteiger partial charge in [0.25, 0.3) is 0 Å². The Labute approximate surface area is 123 Å². The van der Waals surface area contributed by atoms with Gasteiger partial charge in [-0.3, -0.25) is 0 Å². The van der Waals surface area contributed by atoms with Crippen LogP contribution in [0.4, 0.5) is 5.69 Å². The molecule has 0 amide bonds. The molecule has 0 radical (unpaired) electrons. The summed E-state index contributed by atoms with van der Waals surface area (Å²) in [4.78, 5) is 2.57. The zero-order valence-corrected chi connectivity index (χ0v) is 13.3. The van der Waals surface area contributed by atoms with Gasteiger partial charge in [0.2, 0.25) is 0 Å². The first-order valence-electron chi connectivity index (χ1n) is 7.71. The Morgan fingerprint density at radius 3 is 2.85 bits per heavy atom. The summed E-state index contributed by atoms with van der Waals surface area (Å²) in [5, 5.41) is 3.72. The molecule has 3 nitrogen and oxygen atoms in total. The highest BCUT2D eigenvalue weighted by Crippen LogP contribution is 2.27. The normalized spacial score (nSPS) is 26.8. The second kappa shape index (κ2) is 6.59. The van der Waals surface area contributed by atoms with Gasteiger partial charge < -0.3 is 15.0 Å². The Morgan fingerprint density at radius 2 is 2.20 bits per heavy atom. The van der Waals surface area contributed by atoms with E-state index in [1.807, 2.05) is 0 Å². The lowest BCUT2D eigenvalue weighted by molar-refractivity contribution is 0.185. The number of rotatable bonds is 5. The van der Waals surface area contributed by atoms with Crippen LogP contribution in [-0.4, -0.2) is 31.8 Å². The van der Waals surface area contributed by atoms with Crippen LogP contribution in [-0.2, 0) is 11.3 Å². The van der Waals surface area contributed by atoms with Crippen LogP contribution in [0.1, 0.15) is 39.2 Å². The quantitative estimate of drug-likeness (QED) is 0.894. The smallest absolute Gasteiger partial charge is 0.0713 e. The molecule has 0 saturated carbocycles. The van der Waals surface area contributed by atoms with Gasteiger partial charge in [-0.1, -0.05) is 26.0 Å². The predicted octanol–water partition coefficient (Wildman–Crippen LogP) is 3.19. The molecule has 20 heavy (non-hydrogen) atoms. The van der Waals surface area contributed by atoms with Crippen LogP contribution in [0.25, 0.3) is 0 Å². The van der Waals surface area contributed by atoms with Crippen molar-refractivity contribution in [1.29, 1.82) is 0 Å². The molecule has 2 atom stereocenters. The van der Waals surface area contributed by atoms with E-state index >= 15 is 0 Å². The van der Waals surface area contributed by atoms with Crippen LogP contribution < -0.4 is 10.2 Å². The summed E-state index contributed by atoms with van der Waals surface area (Å²) < 4.78 is 5.25. The standard InChI is InChI=1S/C17H28N2O/c1-5-15-11-18-17(3,6-2)13-19(15)16-9-7-8-14(10-16)12-20-4/h7-10,15,18H,5-6,11-13H2,1-4H3. The summed E-state index contributed by atoms with van der Waals surface area (Å²) in [6, 6.07) is 9.35. The van der Waals surface area contributed by atoms with E-state index in [1.165, 1.54) is 17.7 Å². The minimum Gasteiger partial charge on any atom is -0.380 e. The SMILES string of the molecule is CCC1CNC(C)(CC)CN1c1cccc(COC)c1. The van der Waals surface area contributed by atoms with E-state index in [0.29, 0.717) is 12.6 Å². The van der Waals surface area contributed by atoms with Gasteiger partial charge in [-0.15, -0.1) is 0 Å². The second-order valence-corrected chi connectivity index (χ2v) is 6.09. The van der Waals surface area contributed by atoms with Crippen LogP contribution >= 0.6 is 0 Å². The summed E-state index contributed by atoms with van der Waals surface area (Å²) in [6.45, 7) is 9.67. The Hall–Kier alpha value is -1.06. The maximum Gasteiger partial charge on any atom is 0.0713 e. The zero-order valence-electron chi connectivity index (χ0n) is 13.3. The molecule has 0 aromatic heterocycles. The fraction of sp³-hybridized carbons (Fsp3) is 0.647. The summed E-state index contributed by atoms with van der Waals surface area (Å²) in [6.07, 6.45) is 2.32. The molecular weight excluding hydrogens is 248 g/mol. The number of nitrogens with one attached hydrogen (secondary N) is 1. The topological polar surface area (TPSA) is 24.5 Å². The highest BCUT2D eigenvalue weighted by molar-refractivity contribution is 5.50. The maximum atomic E-state index is 5.25. The monoisotopic (exact) mass is 276 g/mol. The second-order valence-electron chi connectivity index (χ2n) is 6.09. The van der Waals surface area contributed by atoms with E-state index in [4.69, 9.17) is 4.74 Å². The lowest BCUT2D eigenvalue weighted by atomic mass is 9.92. The number of hydrogen-bond donors (Lipinski definition) is 1. The van der Waals surface area contributed by atoms with Gasteiger partial charge in [0, 0.05) is 37.5 Å². The van der Waals surface area contributed by atoms with Gasteiger partial charge in [0.15, 0.2) is 0 Å². The summed E-state index contributed by atoms with van der Waals surface area (Å²) in [7, 11) is 1.75. The molecule has 2 rings (SSSR count). The first-order valence-corrected chi connectivity index (χ1v) is 7.71. The first-order chi connectivity index (χ1) is 9.61. The molecule has 1 saturated heterocycles. The van der Waals surface area contributed by atoms with Crippen molar-refractivity contribution in [3.63, 3.8) is 0 Å². The number of piperazine rings is 1. The Bertz CT molecular complexity index is 435. The predicted molar refractivity (Wildman–Crippen MR) is 85.3 cm³/mol. The van der Waals surface area contributed by atoms with E-state index in [9.17, 15) is 0 Å². The molecule has 1 aromatic carbocycles. The Balaban J connectivity index is 2.24. The van der Waals surface area contributed by atoms with Gasteiger partial charge in [-0.05, 0) is 37.5 Å². The van der Waals surface area contributed by atoms with Crippen molar-refractivity contribution in [2.75, 3.05) is 25.1 Å². The largest absolute Gasteiger partial charge is 0.380 e. The molecule has 1 aromatic rings. The number of nitrogens with zero attached hydrogens (tertiary/aromatic N) is 1. The average Bonchev–Trinajstić information content (AvgIpc) is 2.48. The molecule has 112 valence electrons. The molecule has 1 fully saturated rings. The van der Waals surface area contributed by atoms with Crippen LogP contribution in [0.3, 0.4) is 0 Å². The molecule has 1 N–H and O–H groups in total. The lowest BCUT2D eigenvalue weighted by Gasteiger charge is -2.47. The molecule has 0 aliphatic carbocycles. The van der Waals surface area contributed by atoms with Crippen molar-refractivity contribution in [2.45, 2.75) is 51.8 Å². The van der Waals surface area contributed by atoms with Crippen LogP contribution in [0, 0.1) is 0 Å². The molecule has 3 heteroatoms. The molecule has 1 heterocycles. The third-order valence-corrected chi connectivity index (χ3v) is 4.53. The number of anilines is 1. The van der Waals surface area contributed by atoms with E-state index in [0.717, 1.165) is 19.5 Å². The van der Waals surface area contributed by atoms with Gasteiger partial charge in [0.1, 0.15) is 0 Å². The van der Waals surface area contributed by atoms with Gasteiger partial charge in [-0.2, -0.15) is 0 Å². The molecule has 2 unspecified atom stereocenters.